The lowest BCUT2D eigenvalue weighted by Gasteiger charge is -2.09. The van der Waals surface area contributed by atoms with Crippen LogP contribution in [0.4, 0.5) is 0 Å². The van der Waals surface area contributed by atoms with Gasteiger partial charge in [-0.25, -0.2) is 4.98 Å². The number of fused-ring (bicyclic) bond motifs is 1. The van der Waals surface area contributed by atoms with Crippen LogP contribution in [0.5, 0.6) is 0 Å². The highest BCUT2D eigenvalue weighted by Gasteiger charge is 2.20. The van der Waals surface area contributed by atoms with Gasteiger partial charge in [0, 0.05) is 27.7 Å². The largest absolute Gasteiger partial charge is 0.480 e. The molecule has 0 fully saturated rings. The molecule has 0 aliphatic rings. The Hall–Kier alpha value is -1.89. The third kappa shape index (κ3) is 3.24. The maximum Gasteiger partial charge on any atom is 0.320 e. The molecule has 0 aliphatic carbocycles. The lowest BCUT2D eigenvalue weighted by atomic mass is 10.1. The number of nitrogens with two attached hydrogens (primary N) is 1. The highest BCUT2D eigenvalue weighted by atomic mass is 79.9. The molecule has 0 aliphatic heterocycles. The van der Waals surface area contributed by atoms with Gasteiger partial charge < -0.3 is 15.2 Å². The molecule has 118 valence electrons. The summed E-state index contributed by atoms with van der Waals surface area (Å²) < 4.78 is 2.73. The van der Waals surface area contributed by atoms with Gasteiger partial charge in [0.15, 0.2) is 0 Å². The molecule has 7 heteroatoms. The maximum absolute atomic E-state index is 11.1. The van der Waals surface area contributed by atoms with Crippen LogP contribution in [0, 0.1) is 0 Å². The van der Waals surface area contributed by atoms with E-state index in [-0.39, 0.29) is 6.42 Å². The topological polar surface area (TPSA) is 80.6 Å². The Balaban J connectivity index is 2.19. The van der Waals surface area contributed by atoms with E-state index < -0.39 is 12.0 Å². The van der Waals surface area contributed by atoms with E-state index in [1.165, 1.54) is 0 Å². The number of carboxylic acid groups (broad SMARTS) is 1. The predicted octanol–water partition coefficient (Wildman–Crippen LogP) is 3.37. The highest BCUT2D eigenvalue weighted by Crippen LogP contribution is 2.27. The van der Waals surface area contributed by atoms with Crippen molar-refractivity contribution in [2.24, 2.45) is 5.73 Å². The van der Waals surface area contributed by atoms with Crippen molar-refractivity contribution in [1.82, 2.24) is 9.38 Å². The number of rotatable bonds is 4. The van der Waals surface area contributed by atoms with Gasteiger partial charge in [-0.1, -0.05) is 23.7 Å². The van der Waals surface area contributed by atoms with E-state index in [2.05, 4.69) is 20.9 Å². The summed E-state index contributed by atoms with van der Waals surface area (Å²) in [7, 11) is 0. The van der Waals surface area contributed by atoms with Crippen molar-refractivity contribution in [3.05, 3.63) is 57.8 Å². The van der Waals surface area contributed by atoms with Gasteiger partial charge in [-0.2, -0.15) is 0 Å². The molecule has 0 spiro atoms. The fourth-order valence-corrected chi connectivity index (χ4v) is 2.86. The van der Waals surface area contributed by atoms with E-state index >= 15 is 0 Å². The summed E-state index contributed by atoms with van der Waals surface area (Å²) in [6.45, 7) is 0. The number of imidazole rings is 1. The second kappa shape index (κ2) is 6.31. The smallest absolute Gasteiger partial charge is 0.320 e. The second-order valence-electron chi connectivity index (χ2n) is 5.14. The molecule has 0 saturated heterocycles. The van der Waals surface area contributed by atoms with Crippen LogP contribution in [0.1, 0.15) is 5.69 Å². The van der Waals surface area contributed by atoms with Crippen LogP contribution >= 0.6 is 27.5 Å². The third-order valence-electron chi connectivity index (χ3n) is 3.53. The van der Waals surface area contributed by atoms with E-state index in [1.807, 2.05) is 34.9 Å². The molecule has 2 heterocycles. The first-order chi connectivity index (χ1) is 11.0. The van der Waals surface area contributed by atoms with Crippen LogP contribution in [-0.2, 0) is 11.2 Å². The molecular formula is C16H13BrClN3O2. The molecule has 0 amide bonds. The van der Waals surface area contributed by atoms with Gasteiger partial charge >= 0.3 is 5.97 Å². The molecule has 3 rings (SSSR count). The van der Waals surface area contributed by atoms with Crippen molar-refractivity contribution in [1.29, 1.82) is 0 Å². The number of pyridine rings is 1. The van der Waals surface area contributed by atoms with E-state index in [4.69, 9.17) is 22.4 Å². The van der Waals surface area contributed by atoms with Crippen molar-refractivity contribution in [3.8, 4) is 11.3 Å². The standard InChI is InChI=1S/C16H13BrClN3O2/c17-10-3-6-14-20-15(9-1-4-11(18)5-2-9)13(21(14)8-10)7-12(19)16(22)23/h1-6,8,12H,7,19H2,(H,22,23). The Morgan fingerprint density at radius 2 is 2.00 bits per heavy atom. The summed E-state index contributed by atoms with van der Waals surface area (Å²) in [4.78, 5) is 15.8. The summed E-state index contributed by atoms with van der Waals surface area (Å²) in [5.41, 5.74) is 8.78. The number of hydrogen-bond acceptors (Lipinski definition) is 3. The lowest BCUT2D eigenvalue weighted by Crippen LogP contribution is -2.32. The molecule has 1 aromatic carbocycles. The zero-order valence-corrected chi connectivity index (χ0v) is 14.3. The average molecular weight is 395 g/mol. The normalized spacial score (nSPS) is 12.5. The quantitative estimate of drug-likeness (QED) is 0.711. The molecule has 1 unspecified atom stereocenters. The maximum atomic E-state index is 11.1. The Morgan fingerprint density at radius 1 is 1.30 bits per heavy atom. The average Bonchev–Trinajstić information content (AvgIpc) is 2.86. The second-order valence-corrected chi connectivity index (χ2v) is 6.49. The summed E-state index contributed by atoms with van der Waals surface area (Å²) in [5.74, 6) is -1.04. The zero-order chi connectivity index (χ0) is 16.6. The molecule has 23 heavy (non-hydrogen) atoms. The predicted molar refractivity (Wildman–Crippen MR) is 92.7 cm³/mol. The van der Waals surface area contributed by atoms with Crippen LogP contribution in [0.3, 0.4) is 0 Å². The first kappa shape index (κ1) is 16.0. The van der Waals surface area contributed by atoms with Crippen LogP contribution in [0.15, 0.2) is 47.1 Å². The van der Waals surface area contributed by atoms with E-state index in [9.17, 15) is 4.79 Å². The van der Waals surface area contributed by atoms with Gasteiger partial charge in [0.1, 0.15) is 11.7 Å². The fourth-order valence-electron chi connectivity index (χ4n) is 2.40. The van der Waals surface area contributed by atoms with Crippen molar-refractivity contribution in [3.63, 3.8) is 0 Å². The molecular weight excluding hydrogens is 382 g/mol. The Bertz CT molecular complexity index is 877. The molecule has 1 atom stereocenters. The third-order valence-corrected chi connectivity index (χ3v) is 4.25. The number of hydrogen-bond donors (Lipinski definition) is 2. The molecule has 3 aromatic rings. The Labute approximate surface area is 145 Å². The first-order valence-corrected chi connectivity index (χ1v) is 8.03. The zero-order valence-electron chi connectivity index (χ0n) is 11.9. The summed E-state index contributed by atoms with van der Waals surface area (Å²) in [6, 6.07) is 10.0. The lowest BCUT2D eigenvalue weighted by molar-refractivity contribution is -0.138. The van der Waals surface area contributed by atoms with E-state index in [0.717, 1.165) is 21.4 Å². The Kier molecular flexibility index (Phi) is 4.39. The summed E-state index contributed by atoms with van der Waals surface area (Å²) >= 11 is 9.36. The van der Waals surface area contributed by atoms with Crippen LogP contribution < -0.4 is 5.73 Å². The molecule has 0 radical (unpaired) electrons. The summed E-state index contributed by atoms with van der Waals surface area (Å²) in [5, 5.41) is 9.75. The minimum atomic E-state index is -1.04. The molecule has 5 nitrogen and oxygen atoms in total. The number of nitrogens with zero attached hydrogens (tertiary/aromatic N) is 2. The van der Waals surface area contributed by atoms with Gasteiger partial charge in [0.05, 0.1) is 11.4 Å². The number of benzene rings is 1. The van der Waals surface area contributed by atoms with E-state index in [1.54, 1.807) is 12.1 Å². The fraction of sp³-hybridized carbons (Fsp3) is 0.125. The van der Waals surface area contributed by atoms with Gasteiger partial charge in [0.25, 0.3) is 0 Å². The molecule has 0 saturated carbocycles. The molecule has 2 aromatic heterocycles. The van der Waals surface area contributed by atoms with Crippen LogP contribution in [0.2, 0.25) is 5.02 Å². The number of carbonyl (C=O) groups is 1. The number of aromatic nitrogens is 2. The number of aliphatic carboxylic acids is 1. The minimum Gasteiger partial charge on any atom is -0.480 e. The van der Waals surface area contributed by atoms with E-state index in [0.29, 0.717) is 10.7 Å². The van der Waals surface area contributed by atoms with Crippen LogP contribution in [-0.4, -0.2) is 26.5 Å². The number of halogens is 2. The molecule has 0 bridgehead atoms. The Morgan fingerprint density at radius 3 is 2.65 bits per heavy atom. The van der Waals surface area contributed by atoms with Gasteiger partial charge in [-0.15, -0.1) is 0 Å². The van der Waals surface area contributed by atoms with Gasteiger partial charge in [-0.3, -0.25) is 4.79 Å². The van der Waals surface area contributed by atoms with Gasteiger partial charge in [0.2, 0.25) is 0 Å². The molecule has 3 N–H and O–H groups in total. The first-order valence-electron chi connectivity index (χ1n) is 6.86. The van der Waals surface area contributed by atoms with Gasteiger partial charge in [-0.05, 0) is 40.2 Å². The van der Waals surface area contributed by atoms with Crippen molar-refractivity contribution in [2.45, 2.75) is 12.5 Å². The van der Waals surface area contributed by atoms with Crippen molar-refractivity contribution < 1.29 is 9.90 Å². The SMILES string of the molecule is NC(Cc1c(-c2ccc(Cl)cc2)nc2ccc(Br)cn12)C(=O)O. The minimum absolute atomic E-state index is 0.172. The number of carboxylic acids is 1. The monoisotopic (exact) mass is 393 g/mol. The van der Waals surface area contributed by atoms with Crippen molar-refractivity contribution >= 4 is 39.1 Å². The summed E-state index contributed by atoms with van der Waals surface area (Å²) in [6.07, 6.45) is 2.02. The van der Waals surface area contributed by atoms with Crippen LogP contribution in [0.25, 0.3) is 16.9 Å². The van der Waals surface area contributed by atoms with Crippen molar-refractivity contribution in [2.75, 3.05) is 0 Å². The highest BCUT2D eigenvalue weighted by molar-refractivity contribution is 9.10.